The fourth-order valence-electron chi connectivity index (χ4n) is 3.00. The molecule has 25 heavy (non-hydrogen) atoms. The van der Waals surface area contributed by atoms with Crippen molar-refractivity contribution < 1.29 is 9.32 Å². The van der Waals surface area contributed by atoms with Crippen LogP contribution in [0.15, 0.2) is 34.9 Å². The van der Waals surface area contributed by atoms with Gasteiger partial charge in [-0.25, -0.2) is 0 Å². The first-order chi connectivity index (χ1) is 11.8. The third kappa shape index (κ3) is 5.69. The van der Waals surface area contributed by atoms with E-state index in [2.05, 4.69) is 53.6 Å². The summed E-state index contributed by atoms with van der Waals surface area (Å²) in [6, 6.07) is 10.5. The third-order valence-electron chi connectivity index (χ3n) is 4.35. The number of aromatic nitrogens is 2. The lowest BCUT2D eigenvalue weighted by Crippen LogP contribution is -2.37. The normalized spacial score (nSPS) is 13.0. The van der Waals surface area contributed by atoms with Crippen LogP contribution in [-0.4, -0.2) is 22.1 Å². The number of amides is 1. The molecule has 0 aliphatic rings. The van der Waals surface area contributed by atoms with E-state index < -0.39 is 0 Å². The molecule has 1 amide bonds. The highest BCUT2D eigenvalue weighted by Gasteiger charge is 2.24. The Balaban J connectivity index is 1.81. The van der Waals surface area contributed by atoms with Crippen molar-refractivity contribution in [3.8, 4) is 0 Å². The van der Waals surface area contributed by atoms with E-state index in [1.165, 1.54) is 5.56 Å². The Bertz CT molecular complexity index is 677. The van der Waals surface area contributed by atoms with E-state index in [-0.39, 0.29) is 23.3 Å². The minimum absolute atomic E-state index is 0.00656. The largest absolute Gasteiger partial charge is 0.354 e. The lowest BCUT2D eigenvalue weighted by atomic mass is 9.79. The molecule has 0 saturated heterocycles. The van der Waals surface area contributed by atoms with E-state index in [0.29, 0.717) is 24.6 Å². The topological polar surface area (TPSA) is 68.0 Å². The Hall–Kier alpha value is -2.17. The van der Waals surface area contributed by atoms with Crippen LogP contribution in [-0.2, 0) is 16.6 Å². The highest BCUT2D eigenvalue weighted by atomic mass is 16.5. The summed E-state index contributed by atoms with van der Waals surface area (Å²) in [7, 11) is 0. The molecule has 1 unspecified atom stereocenters. The number of carbonyl (C=O) groups is 1. The average molecular weight is 343 g/mol. The lowest BCUT2D eigenvalue weighted by molar-refractivity contribution is -0.121. The van der Waals surface area contributed by atoms with Crippen LogP contribution in [0.2, 0.25) is 0 Å². The van der Waals surface area contributed by atoms with Gasteiger partial charge in [-0.1, -0.05) is 63.2 Å². The molecule has 1 heterocycles. The van der Waals surface area contributed by atoms with E-state index >= 15 is 0 Å². The lowest BCUT2D eigenvalue weighted by Gasteiger charge is -2.29. The third-order valence-corrected chi connectivity index (χ3v) is 4.35. The first-order valence-corrected chi connectivity index (χ1v) is 8.95. The number of hydrogen-bond acceptors (Lipinski definition) is 4. The molecular weight excluding hydrogens is 314 g/mol. The van der Waals surface area contributed by atoms with Gasteiger partial charge in [0.1, 0.15) is 0 Å². The highest BCUT2D eigenvalue weighted by molar-refractivity contribution is 5.76. The van der Waals surface area contributed by atoms with Crippen molar-refractivity contribution in [2.75, 3.05) is 0 Å². The van der Waals surface area contributed by atoms with Gasteiger partial charge >= 0.3 is 0 Å². The van der Waals surface area contributed by atoms with Crippen LogP contribution in [0.3, 0.4) is 0 Å². The van der Waals surface area contributed by atoms with Crippen LogP contribution in [0, 0.1) is 0 Å². The Labute approximate surface area is 150 Å². The second kappa shape index (κ2) is 8.28. The zero-order valence-electron chi connectivity index (χ0n) is 15.9. The van der Waals surface area contributed by atoms with Crippen LogP contribution >= 0.6 is 0 Å². The minimum Gasteiger partial charge on any atom is -0.354 e. The number of aryl methyl sites for hydroxylation is 1. The molecule has 5 nitrogen and oxygen atoms in total. The number of nitrogens with zero attached hydrogens (tertiary/aromatic N) is 2. The molecule has 5 heteroatoms. The molecule has 0 saturated carbocycles. The molecule has 1 N–H and O–H groups in total. The summed E-state index contributed by atoms with van der Waals surface area (Å²) in [6.07, 6.45) is 1.71. The molecule has 136 valence electrons. The molecule has 0 aliphatic heterocycles. The van der Waals surface area contributed by atoms with Crippen LogP contribution in [0.5, 0.6) is 0 Å². The second-order valence-electron chi connectivity index (χ2n) is 7.62. The molecule has 0 radical (unpaired) electrons. The molecule has 1 aromatic heterocycles. The smallest absolute Gasteiger partial charge is 0.227 e. The van der Waals surface area contributed by atoms with Crippen molar-refractivity contribution in [1.82, 2.24) is 15.5 Å². The van der Waals surface area contributed by atoms with Gasteiger partial charge in [0.05, 0.1) is 0 Å². The van der Waals surface area contributed by atoms with E-state index in [4.69, 9.17) is 4.52 Å². The van der Waals surface area contributed by atoms with Gasteiger partial charge in [-0.05, 0) is 24.3 Å². The SMILES string of the molecule is CC(CC(C)(C)c1ccccc1)NC(=O)CCc1nc(C(C)C)no1. The molecule has 2 aromatic rings. The summed E-state index contributed by atoms with van der Waals surface area (Å²) in [4.78, 5) is 16.5. The van der Waals surface area contributed by atoms with Gasteiger partial charge in [-0.2, -0.15) is 4.98 Å². The van der Waals surface area contributed by atoms with Gasteiger partial charge in [0, 0.05) is 24.8 Å². The first kappa shape index (κ1) is 19.2. The maximum atomic E-state index is 12.2. The number of carbonyl (C=O) groups excluding carboxylic acids is 1. The van der Waals surface area contributed by atoms with Crippen molar-refractivity contribution in [2.24, 2.45) is 0 Å². The molecule has 1 aromatic carbocycles. The summed E-state index contributed by atoms with van der Waals surface area (Å²) in [5.74, 6) is 1.46. The van der Waals surface area contributed by atoms with Crippen LogP contribution in [0.4, 0.5) is 0 Å². The summed E-state index contributed by atoms with van der Waals surface area (Å²) in [6.45, 7) is 10.5. The van der Waals surface area contributed by atoms with Gasteiger partial charge in [0.15, 0.2) is 5.82 Å². The van der Waals surface area contributed by atoms with Gasteiger partial charge < -0.3 is 9.84 Å². The second-order valence-corrected chi connectivity index (χ2v) is 7.62. The molecule has 0 spiro atoms. The molecular formula is C20H29N3O2. The quantitative estimate of drug-likeness (QED) is 0.786. The monoisotopic (exact) mass is 343 g/mol. The standard InChI is InChI=1S/C20H29N3O2/c1-14(2)19-22-18(25-23-19)12-11-17(24)21-15(3)13-20(4,5)16-9-7-6-8-10-16/h6-10,14-15H,11-13H2,1-5H3,(H,21,24). The van der Waals surface area contributed by atoms with Crippen molar-refractivity contribution in [2.45, 2.75) is 71.3 Å². The Morgan fingerprint density at radius 1 is 1.20 bits per heavy atom. The van der Waals surface area contributed by atoms with E-state index in [0.717, 1.165) is 6.42 Å². The zero-order valence-corrected chi connectivity index (χ0v) is 15.9. The summed E-state index contributed by atoms with van der Waals surface area (Å²) < 4.78 is 5.18. The van der Waals surface area contributed by atoms with Gasteiger partial charge in [-0.15, -0.1) is 0 Å². The predicted molar refractivity (Wildman–Crippen MR) is 98.4 cm³/mol. The molecule has 0 bridgehead atoms. The minimum atomic E-state index is 0.00656. The van der Waals surface area contributed by atoms with Crippen LogP contribution in [0.1, 0.15) is 70.7 Å². The van der Waals surface area contributed by atoms with Gasteiger partial charge in [-0.3, -0.25) is 4.79 Å². The number of hydrogen-bond donors (Lipinski definition) is 1. The first-order valence-electron chi connectivity index (χ1n) is 8.95. The van der Waals surface area contributed by atoms with E-state index in [1.54, 1.807) is 0 Å². The number of nitrogens with one attached hydrogen (secondary N) is 1. The van der Waals surface area contributed by atoms with Gasteiger partial charge in [0.25, 0.3) is 0 Å². The number of benzene rings is 1. The maximum absolute atomic E-state index is 12.2. The van der Waals surface area contributed by atoms with E-state index in [1.807, 2.05) is 26.8 Å². The summed E-state index contributed by atoms with van der Waals surface area (Å²) in [5.41, 5.74) is 1.29. The van der Waals surface area contributed by atoms with Crippen molar-refractivity contribution in [3.63, 3.8) is 0 Å². The Kier molecular flexibility index (Phi) is 6.34. The fraction of sp³-hybridized carbons (Fsp3) is 0.550. The Morgan fingerprint density at radius 3 is 2.48 bits per heavy atom. The highest BCUT2D eigenvalue weighted by Crippen LogP contribution is 2.28. The van der Waals surface area contributed by atoms with Gasteiger partial charge in [0.2, 0.25) is 11.8 Å². The van der Waals surface area contributed by atoms with Crippen molar-refractivity contribution in [3.05, 3.63) is 47.6 Å². The average Bonchev–Trinajstić information content (AvgIpc) is 3.02. The molecule has 0 fully saturated rings. The predicted octanol–water partition coefficient (Wildman–Crippen LogP) is 4.00. The fourth-order valence-corrected chi connectivity index (χ4v) is 3.00. The maximum Gasteiger partial charge on any atom is 0.227 e. The van der Waals surface area contributed by atoms with Crippen molar-refractivity contribution >= 4 is 5.91 Å². The summed E-state index contributed by atoms with van der Waals surface area (Å²) >= 11 is 0. The van der Waals surface area contributed by atoms with Crippen LogP contribution < -0.4 is 5.32 Å². The molecule has 2 rings (SSSR count). The summed E-state index contributed by atoms with van der Waals surface area (Å²) in [5, 5.41) is 7.00. The number of rotatable bonds is 8. The molecule has 0 aliphatic carbocycles. The van der Waals surface area contributed by atoms with Crippen molar-refractivity contribution in [1.29, 1.82) is 0 Å². The van der Waals surface area contributed by atoms with Crippen LogP contribution in [0.25, 0.3) is 0 Å². The zero-order chi connectivity index (χ0) is 18.4. The van der Waals surface area contributed by atoms with E-state index in [9.17, 15) is 4.79 Å². The molecule has 1 atom stereocenters. The Morgan fingerprint density at radius 2 is 1.88 bits per heavy atom.